The standard InChI is InChI=1S/C24H24N2O3/c1-3-11-25-12-14-26(15-13-25)16-20-21(27)10-9-19-23(28)22(17(2)29-24(19)20)18-7-5-4-6-8-18/h1,4-10,27H,11-16H2,2H3. The van der Waals surface area contributed by atoms with Gasteiger partial charge in [0, 0.05) is 32.7 Å². The molecule has 1 N–H and O–H groups in total. The van der Waals surface area contributed by atoms with Crippen LogP contribution in [0.2, 0.25) is 0 Å². The van der Waals surface area contributed by atoms with Gasteiger partial charge in [0.2, 0.25) is 5.43 Å². The van der Waals surface area contributed by atoms with Crippen LogP contribution < -0.4 is 5.43 Å². The van der Waals surface area contributed by atoms with Crippen molar-refractivity contribution in [3.63, 3.8) is 0 Å². The Morgan fingerprint density at radius 2 is 1.76 bits per heavy atom. The number of hydrogen-bond donors (Lipinski definition) is 1. The Hall–Kier alpha value is -3.07. The number of piperazine rings is 1. The molecule has 5 nitrogen and oxygen atoms in total. The van der Waals surface area contributed by atoms with E-state index in [2.05, 4.69) is 15.7 Å². The molecule has 0 saturated carbocycles. The van der Waals surface area contributed by atoms with Crippen molar-refractivity contribution in [1.29, 1.82) is 0 Å². The summed E-state index contributed by atoms with van der Waals surface area (Å²) in [7, 11) is 0. The van der Waals surface area contributed by atoms with Crippen LogP contribution in [-0.4, -0.2) is 47.6 Å². The van der Waals surface area contributed by atoms with E-state index in [0.717, 1.165) is 31.7 Å². The summed E-state index contributed by atoms with van der Waals surface area (Å²) >= 11 is 0. The summed E-state index contributed by atoms with van der Waals surface area (Å²) in [5.74, 6) is 3.39. The van der Waals surface area contributed by atoms with Crippen molar-refractivity contribution in [3.8, 4) is 29.2 Å². The minimum atomic E-state index is -0.0740. The topological polar surface area (TPSA) is 56.9 Å². The average molecular weight is 388 g/mol. The van der Waals surface area contributed by atoms with Crippen LogP contribution in [0.1, 0.15) is 11.3 Å². The second-order valence-electron chi connectivity index (χ2n) is 7.42. The minimum absolute atomic E-state index is 0.0740. The van der Waals surface area contributed by atoms with Gasteiger partial charge in [0.1, 0.15) is 17.1 Å². The maximum absolute atomic E-state index is 13.2. The molecule has 0 aliphatic carbocycles. The smallest absolute Gasteiger partial charge is 0.200 e. The number of phenolic OH excluding ortho intramolecular Hbond substituents is 1. The lowest BCUT2D eigenvalue weighted by Gasteiger charge is -2.33. The zero-order chi connectivity index (χ0) is 20.4. The largest absolute Gasteiger partial charge is 0.507 e. The SMILES string of the molecule is C#CCN1CCN(Cc2c(O)ccc3c(=O)c(-c4ccccc4)c(C)oc23)CC1. The van der Waals surface area contributed by atoms with Gasteiger partial charge >= 0.3 is 0 Å². The number of aromatic hydroxyl groups is 1. The molecule has 0 amide bonds. The van der Waals surface area contributed by atoms with Crippen molar-refractivity contribution in [2.75, 3.05) is 32.7 Å². The molecule has 0 bridgehead atoms. The third kappa shape index (κ3) is 3.77. The molecule has 0 unspecified atom stereocenters. The van der Waals surface area contributed by atoms with Gasteiger partial charge in [0.25, 0.3) is 0 Å². The Kier molecular flexibility index (Phi) is 5.39. The summed E-state index contributed by atoms with van der Waals surface area (Å²) in [5, 5.41) is 11.0. The summed E-state index contributed by atoms with van der Waals surface area (Å²) in [6, 6.07) is 12.8. The van der Waals surface area contributed by atoms with Gasteiger partial charge in [0.15, 0.2) is 0 Å². The molecule has 1 aliphatic rings. The fourth-order valence-corrected chi connectivity index (χ4v) is 3.96. The predicted octanol–water partition coefficient (Wildman–Crippen LogP) is 3.22. The van der Waals surface area contributed by atoms with E-state index in [9.17, 15) is 9.90 Å². The van der Waals surface area contributed by atoms with Gasteiger partial charge in [0.05, 0.1) is 23.1 Å². The molecule has 0 atom stereocenters. The van der Waals surface area contributed by atoms with E-state index in [0.29, 0.717) is 40.9 Å². The molecule has 4 rings (SSSR count). The number of fused-ring (bicyclic) bond motifs is 1. The Bertz CT molecular complexity index is 1120. The Balaban J connectivity index is 1.72. The van der Waals surface area contributed by atoms with Crippen LogP contribution in [0.5, 0.6) is 5.75 Å². The normalized spacial score (nSPS) is 15.4. The van der Waals surface area contributed by atoms with Crippen LogP contribution in [-0.2, 0) is 6.54 Å². The molecule has 0 spiro atoms. The van der Waals surface area contributed by atoms with Crippen molar-refractivity contribution < 1.29 is 9.52 Å². The minimum Gasteiger partial charge on any atom is -0.507 e. The van der Waals surface area contributed by atoms with Gasteiger partial charge in [-0.2, -0.15) is 0 Å². The molecular formula is C24H24N2O3. The van der Waals surface area contributed by atoms with E-state index in [4.69, 9.17) is 10.8 Å². The monoisotopic (exact) mass is 388 g/mol. The zero-order valence-corrected chi connectivity index (χ0v) is 16.5. The molecule has 1 aliphatic heterocycles. The van der Waals surface area contributed by atoms with Crippen molar-refractivity contribution >= 4 is 11.0 Å². The Morgan fingerprint density at radius 1 is 1.07 bits per heavy atom. The van der Waals surface area contributed by atoms with E-state index < -0.39 is 0 Å². The number of nitrogens with zero attached hydrogens (tertiary/aromatic N) is 2. The summed E-state index contributed by atoms with van der Waals surface area (Å²) < 4.78 is 6.12. The number of benzene rings is 2. The summed E-state index contributed by atoms with van der Waals surface area (Å²) in [6.45, 7) is 6.46. The molecule has 5 heteroatoms. The summed E-state index contributed by atoms with van der Waals surface area (Å²) in [5.41, 5.74) is 2.46. The van der Waals surface area contributed by atoms with Crippen LogP contribution in [0.3, 0.4) is 0 Å². The highest BCUT2D eigenvalue weighted by atomic mass is 16.3. The van der Waals surface area contributed by atoms with Crippen molar-refractivity contribution in [3.05, 3.63) is 64.0 Å². The highest BCUT2D eigenvalue weighted by Gasteiger charge is 2.22. The number of phenols is 1. The Labute approximate surface area is 170 Å². The number of hydrogen-bond acceptors (Lipinski definition) is 5. The van der Waals surface area contributed by atoms with Crippen LogP contribution in [0, 0.1) is 19.3 Å². The molecule has 3 aromatic rings. The van der Waals surface area contributed by atoms with Crippen molar-refractivity contribution in [1.82, 2.24) is 9.80 Å². The zero-order valence-electron chi connectivity index (χ0n) is 16.5. The molecule has 1 fully saturated rings. The molecule has 1 aromatic heterocycles. The lowest BCUT2D eigenvalue weighted by molar-refractivity contribution is 0.137. The third-order valence-electron chi connectivity index (χ3n) is 5.54. The third-order valence-corrected chi connectivity index (χ3v) is 5.54. The van der Waals surface area contributed by atoms with E-state index in [1.54, 1.807) is 19.1 Å². The maximum Gasteiger partial charge on any atom is 0.200 e. The van der Waals surface area contributed by atoms with Crippen molar-refractivity contribution in [2.24, 2.45) is 0 Å². The van der Waals surface area contributed by atoms with Gasteiger partial charge in [-0.25, -0.2) is 0 Å². The van der Waals surface area contributed by atoms with Crippen LogP contribution >= 0.6 is 0 Å². The van der Waals surface area contributed by atoms with Gasteiger partial charge < -0.3 is 9.52 Å². The van der Waals surface area contributed by atoms with E-state index in [-0.39, 0.29) is 11.2 Å². The van der Waals surface area contributed by atoms with Crippen LogP contribution in [0.25, 0.3) is 22.1 Å². The fraction of sp³-hybridized carbons (Fsp3) is 0.292. The van der Waals surface area contributed by atoms with Crippen LogP contribution in [0.15, 0.2) is 51.7 Å². The van der Waals surface area contributed by atoms with E-state index in [1.165, 1.54) is 0 Å². The molecular weight excluding hydrogens is 364 g/mol. The second kappa shape index (κ2) is 8.12. The average Bonchev–Trinajstić information content (AvgIpc) is 2.72. The highest BCUT2D eigenvalue weighted by molar-refractivity contribution is 5.86. The van der Waals surface area contributed by atoms with Gasteiger partial charge in [-0.15, -0.1) is 6.42 Å². The lowest BCUT2D eigenvalue weighted by atomic mass is 10.0. The number of aryl methyl sites for hydroxylation is 1. The highest BCUT2D eigenvalue weighted by Crippen LogP contribution is 2.31. The maximum atomic E-state index is 13.2. The van der Waals surface area contributed by atoms with Gasteiger partial charge in [-0.1, -0.05) is 36.3 Å². The first-order chi connectivity index (χ1) is 14.1. The first kappa shape index (κ1) is 19.3. The number of terminal acetylenes is 1. The molecule has 148 valence electrons. The van der Waals surface area contributed by atoms with E-state index >= 15 is 0 Å². The van der Waals surface area contributed by atoms with Gasteiger partial charge in [-0.3, -0.25) is 14.6 Å². The summed E-state index contributed by atoms with van der Waals surface area (Å²) in [4.78, 5) is 17.7. The lowest BCUT2D eigenvalue weighted by Crippen LogP contribution is -2.45. The predicted molar refractivity (Wildman–Crippen MR) is 115 cm³/mol. The molecule has 29 heavy (non-hydrogen) atoms. The first-order valence-corrected chi connectivity index (χ1v) is 9.80. The second-order valence-corrected chi connectivity index (χ2v) is 7.42. The molecule has 0 radical (unpaired) electrons. The van der Waals surface area contributed by atoms with E-state index in [1.807, 2.05) is 30.3 Å². The first-order valence-electron chi connectivity index (χ1n) is 9.80. The van der Waals surface area contributed by atoms with Crippen LogP contribution in [0.4, 0.5) is 0 Å². The number of rotatable bonds is 4. The van der Waals surface area contributed by atoms with Crippen molar-refractivity contribution in [2.45, 2.75) is 13.5 Å². The van der Waals surface area contributed by atoms with Gasteiger partial charge in [-0.05, 0) is 24.6 Å². The Morgan fingerprint density at radius 3 is 2.45 bits per heavy atom. The summed E-state index contributed by atoms with van der Waals surface area (Å²) in [6.07, 6.45) is 5.40. The molecule has 2 aromatic carbocycles. The fourth-order valence-electron chi connectivity index (χ4n) is 3.96. The molecule has 2 heterocycles. The quantitative estimate of drug-likeness (QED) is 0.696. The molecule has 1 saturated heterocycles.